The maximum absolute atomic E-state index is 11.9. The number of hydrogen-bond donors (Lipinski definition) is 2. The minimum Gasteiger partial charge on any atom is -0.481 e. The predicted octanol–water partition coefficient (Wildman–Crippen LogP) is 1.47. The molecule has 2 N–H and O–H groups in total. The highest BCUT2D eigenvalue weighted by molar-refractivity contribution is 5.96. The molecule has 1 amide bonds. The Morgan fingerprint density at radius 3 is 2.68 bits per heavy atom. The molecule has 0 unspecified atom stereocenters. The summed E-state index contributed by atoms with van der Waals surface area (Å²) in [7, 11) is 1.64. The number of unbranched alkanes of at least 4 members (excludes halogenated alkanes) is 1. The van der Waals surface area contributed by atoms with E-state index < -0.39 is 5.97 Å². The number of benzene rings is 1. The van der Waals surface area contributed by atoms with Crippen molar-refractivity contribution >= 4 is 11.9 Å². The summed E-state index contributed by atoms with van der Waals surface area (Å²) in [6.45, 7) is 1.23. The van der Waals surface area contributed by atoms with Crippen LogP contribution in [0.25, 0.3) is 0 Å². The van der Waals surface area contributed by atoms with Crippen LogP contribution in [0.2, 0.25) is 0 Å². The molecule has 5 nitrogen and oxygen atoms in total. The maximum Gasteiger partial charge on any atom is 0.307 e. The molecule has 1 rings (SSSR count). The first-order valence-electron chi connectivity index (χ1n) is 6.22. The number of rotatable bonds is 8. The van der Waals surface area contributed by atoms with Gasteiger partial charge in [0.2, 0.25) is 0 Å². The van der Waals surface area contributed by atoms with Gasteiger partial charge in [0.1, 0.15) is 0 Å². The summed E-state index contributed by atoms with van der Waals surface area (Å²) >= 11 is 0. The van der Waals surface area contributed by atoms with Crippen LogP contribution in [0.5, 0.6) is 0 Å². The van der Waals surface area contributed by atoms with Gasteiger partial charge in [-0.1, -0.05) is 18.2 Å². The van der Waals surface area contributed by atoms with Crippen LogP contribution < -0.4 is 5.32 Å². The lowest BCUT2D eigenvalue weighted by Gasteiger charge is -2.08. The second-order valence-corrected chi connectivity index (χ2v) is 4.18. The molecule has 0 aromatic heterocycles. The van der Waals surface area contributed by atoms with Crippen molar-refractivity contribution in [3.05, 3.63) is 35.4 Å². The van der Waals surface area contributed by atoms with Crippen molar-refractivity contribution in [2.45, 2.75) is 19.3 Å². The first kappa shape index (κ1) is 15.2. The van der Waals surface area contributed by atoms with Crippen LogP contribution in [-0.4, -0.2) is 37.2 Å². The van der Waals surface area contributed by atoms with Gasteiger partial charge < -0.3 is 15.2 Å². The molecule has 5 heteroatoms. The minimum atomic E-state index is -0.944. The Morgan fingerprint density at radius 1 is 1.26 bits per heavy atom. The first-order chi connectivity index (χ1) is 9.15. The first-order valence-corrected chi connectivity index (χ1v) is 6.22. The summed E-state index contributed by atoms with van der Waals surface area (Å²) in [4.78, 5) is 22.7. The van der Waals surface area contributed by atoms with E-state index in [1.807, 2.05) is 0 Å². The van der Waals surface area contributed by atoms with Gasteiger partial charge in [-0.15, -0.1) is 0 Å². The second-order valence-electron chi connectivity index (χ2n) is 4.18. The van der Waals surface area contributed by atoms with Gasteiger partial charge in [0, 0.05) is 25.8 Å². The third kappa shape index (κ3) is 5.52. The maximum atomic E-state index is 11.9. The molecule has 0 heterocycles. The van der Waals surface area contributed by atoms with Crippen LogP contribution in [0.4, 0.5) is 0 Å². The van der Waals surface area contributed by atoms with Crippen molar-refractivity contribution in [3.63, 3.8) is 0 Å². The molecule has 0 saturated heterocycles. The number of amides is 1. The van der Waals surface area contributed by atoms with Crippen LogP contribution >= 0.6 is 0 Å². The Morgan fingerprint density at radius 2 is 2.00 bits per heavy atom. The summed E-state index contributed by atoms with van der Waals surface area (Å²) in [6.07, 6.45) is 1.57. The van der Waals surface area contributed by atoms with E-state index in [0.29, 0.717) is 24.3 Å². The number of carbonyl (C=O) groups is 2. The van der Waals surface area contributed by atoms with Crippen molar-refractivity contribution in [2.75, 3.05) is 20.3 Å². The Labute approximate surface area is 112 Å². The lowest BCUT2D eigenvalue weighted by Crippen LogP contribution is -2.26. The van der Waals surface area contributed by atoms with Crippen LogP contribution in [0.1, 0.15) is 28.8 Å². The highest BCUT2D eigenvalue weighted by atomic mass is 16.5. The van der Waals surface area contributed by atoms with Crippen molar-refractivity contribution < 1.29 is 19.4 Å². The van der Waals surface area contributed by atoms with Gasteiger partial charge in [-0.25, -0.2) is 0 Å². The fourth-order valence-electron chi connectivity index (χ4n) is 1.73. The molecule has 1 aromatic carbocycles. The molecule has 0 fully saturated rings. The van der Waals surface area contributed by atoms with Gasteiger partial charge in [0.15, 0.2) is 0 Å². The molecule has 0 radical (unpaired) electrons. The van der Waals surface area contributed by atoms with E-state index in [4.69, 9.17) is 9.84 Å². The van der Waals surface area contributed by atoms with E-state index in [1.54, 1.807) is 31.4 Å². The number of methoxy groups -OCH3 is 1. The number of carbonyl (C=O) groups excluding carboxylic acids is 1. The van der Waals surface area contributed by atoms with E-state index in [9.17, 15) is 9.59 Å². The number of carboxylic acids is 1. The van der Waals surface area contributed by atoms with Crippen LogP contribution in [0.15, 0.2) is 24.3 Å². The van der Waals surface area contributed by atoms with Crippen molar-refractivity contribution in [1.82, 2.24) is 5.32 Å². The van der Waals surface area contributed by atoms with Gasteiger partial charge in [-0.3, -0.25) is 9.59 Å². The van der Waals surface area contributed by atoms with Crippen molar-refractivity contribution in [1.29, 1.82) is 0 Å². The van der Waals surface area contributed by atoms with Crippen LogP contribution in [0.3, 0.4) is 0 Å². The van der Waals surface area contributed by atoms with E-state index in [2.05, 4.69) is 5.32 Å². The Balaban J connectivity index is 2.54. The quantitative estimate of drug-likeness (QED) is 0.698. The number of carboxylic acid groups (broad SMARTS) is 1. The molecule has 0 atom stereocenters. The topological polar surface area (TPSA) is 75.6 Å². The highest BCUT2D eigenvalue weighted by Crippen LogP contribution is 2.09. The number of aliphatic carboxylic acids is 1. The second kappa shape index (κ2) is 8.26. The molecule has 104 valence electrons. The summed E-state index contributed by atoms with van der Waals surface area (Å²) in [5, 5.41) is 11.6. The van der Waals surface area contributed by atoms with Gasteiger partial charge in [-0.2, -0.15) is 0 Å². The zero-order valence-corrected chi connectivity index (χ0v) is 11.0. The van der Waals surface area contributed by atoms with E-state index in [-0.39, 0.29) is 12.3 Å². The van der Waals surface area contributed by atoms with Gasteiger partial charge in [0.05, 0.1) is 6.42 Å². The average molecular weight is 265 g/mol. The standard InChI is InChI=1S/C14H19NO4/c1-19-9-5-4-8-15-14(18)12-7-3-2-6-11(12)10-13(16)17/h2-3,6-7H,4-5,8-10H2,1H3,(H,15,18)(H,16,17). The van der Waals surface area contributed by atoms with Gasteiger partial charge in [0.25, 0.3) is 5.91 Å². The van der Waals surface area contributed by atoms with Crippen LogP contribution in [-0.2, 0) is 16.0 Å². The van der Waals surface area contributed by atoms with E-state index in [1.165, 1.54) is 0 Å². The molecule has 0 bridgehead atoms. The molecule has 19 heavy (non-hydrogen) atoms. The normalized spacial score (nSPS) is 10.2. The molecular weight excluding hydrogens is 246 g/mol. The molecule has 0 saturated carbocycles. The SMILES string of the molecule is COCCCCNC(=O)c1ccccc1CC(=O)O. The summed E-state index contributed by atoms with van der Waals surface area (Å²) in [5.74, 6) is -1.17. The average Bonchev–Trinajstić information content (AvgIpc) is 2.38. The Hall–Kier alpha value is -1.88. The Bertz CT molecular complexity index is 431. The zero-order chi connectivity index (χ0) is 14.1. The monoisotopic (exact) mass is 265 g/mol. The predicted molar refractivity (Wildman–Crippen MR) is 71.2 cm³/mol. The highest BCUT2D eigenvalue weighted by Gasteiger charge is 2.12. The zero-order valence-electron chi connectivity index (χ0n) is 11.0. The summed E-state index contributed by atoms with van der Waals surface area (Å²) in [5.41, 5.74) is 0.959. The van der Waals surface area contributed by atoms with E-state index in [0.717, 1.165) is 12.8 Å². The molecule has 0 aliphatic rings. The van der Waals surface area contributed by atoms with Crippen molar-refractivity contribution in [2.24, 2.45) is 0 Å². The lowest BCUT2D eigenvalue weighted by atomic mass is 10.0. The number of hydrogen-bond acceptors (Lipinski definition) is 3. The fourth-order valence-corrected chi connectivity index (χ4v) is 1.73. The van der Waals surface area contributed by atoms with Gasteiger partial charge >= 0.3 is 5.97 Å². The molecular formula is C14H19NO4. The third-order valence-corrected chi connectivity index (χ3v) is 2.66. The van der Waals surface area contributed by atoms with Gasteiger partial charge in [-0.05, 0) is 24.5 Å². The minimum absolute atomic E-state index is 0.146. The summed E-state index contributed by atoms with van der Waals surface area (Å²) < 4.78 is 4.92. The fraction of sp³-hybridized carbons (Fsp3) is 0.429. The molecule has 0 spiro atoms. The largest absolute Gasteiger partial charge is 0.481 e. The van der Waals surface area contributed by atoms with E-state index >= 15 is 0 Å². The number of ether oxygens (including phenoxy) is 1. The third-order valence-electron chi connectivity index (χ3n) is 2.66. The van der Waals surface area contributed by atoms with Crippen LogP contribution in [0, 0.1) is 0 Å². The summed E-state index contributed by atoms with van der Waals surface area (Å²) in [6, 6.07) is 6.76. The molecule has 0 aliphatic heterocycles. The molecule has 1 aromatic rings. The van der Waals surface area contributed by atoms with Crippen molar-refractivity contribution in [3.8, 4) is 0 Å². The smallest absolute Gasteiger partial charge is 0.307 e. The number of nitrogens with one attached hydrogen (secondary N) is 1. The Kier molecular flexibility index (Phi) is 6.60. The lowest BCUT2D eigenvalue weighted by molar-refractivity contribution is -0.136. The molecule has 0 aliphatic carbocycles.